The summed E-state index contributed by atoms with van der Waals surface area (Å²) in [4.78, 5) is 98.5. The Kier molecular flexibility index (Phi) is 14.5. The number of carbonyl (C=O) groups is 7. The predicted octanol–water partition coefficient (Wildman–Crippen LogP) is -0.296. The van der Waals surface area contributed by atoms with Gasteiger partial charge in [0.2, 0.25) is 41.4 Å². The molecule has 9 N–H and O–H groups in total. The molecule has 7 atom stereocenters. The van der Waals surface area contributed by atoms with Gasteiger partial charge in [-0.3, -0.25) is 33.6 Å². The lowest BCUT2D eigenvalue weighted by atomic mass is 9.99. The minimum atomic E-state index is -1.54. The van der Waals surface area contributed by atoms with Crippen molar-refractivity contribution in [1.82, 2.24) is 42.2 Å². The van der Waals surface area contributed by atoms with E-state index >= 15 is 0 Å². The number of aliphatic hydroxyl groups is 1. The number of fused-ring (bicyclic) bond motifs is 1. The summed E-state index contributed by atoms with van der Waals surface area (Å²) in [5.41, 5.74) is 2.16. The van der Waals surface area contributed by atoms with Gasteiger partial charge in [-0.1, -0.05) is 76.2 Å². The summed E-state index contributed by atoms with van der Waals surface area (Å²) < 4.78 is 0. The number of para-hydroxylation sites is 1. The zero-order valence-electron chi connectivity index (χ0n) is 31.9. The molecule has 0 spiro atoms. The van der Waals surface area contributed by atoms with E-state index in [9.17, 15) is 38.7 Å². The molecule has 4 rings (SSSR count). The minimum Gasteiger partial charge on any atom is -0.394 e. The first-order chi connectivity index (χ1) is 26.1. The Morgan fingerprint density at radius 1 is 0.527 bits per heavy atom. The maximum Gasteiger partial charge on any atom is 0.245 e. The normalized spacial score (nSPS) is 25.5. The second-order valence-electron chi connectivity index (χ2n) is 14.5. The Hall–Kier alpha value is -5.77. The van der Waals surface area contributed by atoms with Crippen LogP contribution in [0.25, 0.3) is 10.9 Å². The first-order valence-electron chi connectivity index (χ1n) is 18.4. The van der Waals surface area contributed by atoms with E-state index < -0.39 is 102 Å². The van der Waals surface area contributed by atoms with Crippen LogP contribution in [0.3, 0.4) is 0 Å². The largest absolute Gasteiger partial charge is 0.394 e. The summed E-state index contributed by atoms with van der Waals surface area (Å²) >= 11 is 0. The fourth-order valence-corrected chi connectivity index (χ4v) is 6.16. The van der Waals surface area contributed by atoms with Crippen LogP contribution in [0.1, 0.15) is 52.7 Å². The SMILES string of the molecule is CC(C)[C@H]1NC(=O)[C@H](Cc2ccccc2)NC(=O)[C@@H](C(C)C)NC(=O)[C@@H](C)NC(=O)[C@H](C)NC(=O)[C@@H](Cc2c[nH]c3ccccc23)NC(=O)[C@@H](CO)NC1=O. The Balaban J connectivity index is 1.71. The average molecular weight is 761 g/mol. The van der Waals surface area contributed by atoms with Gasteiger partial charge in [0.15, 0.2) is 0 Å². The van der Waals surface area contributed by atoms with Crippen molar-refractivity contribution in [2.24, 2.45) is 11.8 Å². The molecule has 2 aromatic carbocycles. The van der Waals surface area contributed by atoms with Crippen molar-refractivity contribution in [3.63, 3.8) is 0 Å². The van der Waals surface area contributed by atoms with Gasteiger partial charge in [0.05, 0.1) is 6.61 Å². The van der Waals surface area contributed by atoms with Crippen LogP contribution in [0.15, 0.2) is 60.8 Å². The Bertz CT molecular complexity index is 1860. The minimum absolute atomic E-state index is 0.0358. The van der Waals surface area contributed by atoms with E-state index in [-0.39, 0.29) is 12.8 Å². The molecular weight excluding hydrogens is 708 g/mol. The van der Waals surface area contributed by atoms with Crippen molar-refractivity contribution >= 4 is 52.3 Å². The van der Waals surface area contributed by atoms with Crippen LogP contribution < -0.4 is 37.2 Å². The third-order valence-electron chi connectivity index (χ3n) is 9.46. The molecule has 0 unspecified atom stereocenters. The van der Waals surface area contributed by atoms with E-state index in [4.69, 9.17) is 0 Å². The quantitative estimate of drug-likeness (QED) is 0.155. The second-order valence-corrected chi connectivity index (χ2v) is 14.5. The number of hydrogen-bond donors (Lipinski definition) is 9. The molecule has 3 aromatic rings. The summed E-state index contributed by atoms with van der Waals surface area (Å²) in [6.45, 7) is 8.74. The molecule has 16 heteroatoms. The highest BCUT2D eigenvalue weighted by molar-refractivity contribution is 5.99. The standard InChI is InChI=1S/C39H52N8O8/c1-20(2)31-38(54)44-28(16-24-12-8-7-9-13-24)36(52)47-32(21(3)4)39(55)45-30(19-48)37(53)43-29(17-25-18-40-27-15-11-10-14-26(25)27)35(51)42-22(5)33(49)41-23(6)34(50)46-31/h7-15,18,20-23,28-32,40,48H,16-17,19H2,1-6H3,(H,41,49)(H,42,51)(H,43,53)(H,44,54)(H,45,55)(H,46,50)(H,47,52)/t22-,23+,28-,29+,30+,31+,32+/m0/s1. The molecule has 16 nitrogen and oxygen atoms in total. The lowest BCUT2D eigenvalue weighted by molar-refractivity contribution is -0.136. The van der Waals surface area contributed by atoms with Gasteiger partial charge < -0.3 is 47.3 Å². The second kappa shape index (κ2) is 19.0. The lowest BCUT2D eigenvalue weighted by Gasteiger charge is -2.29. The molecular formula is C39H52N8O8. The van der Waals surface area contributed by atoms with Gasteiger partial charge in [0.1, 0.15) is 42.3 Å². The number of nitrogens with one attached hydrogen (secondary N) is 8. The van der Waals surface area contributed by atoms with E-state index in [1.54, 1.807) is 64.2 Å². The smallest absolute Gasteiger partial charge is 0.245 e. The van der Waals surface area contributed by atoms with Crippen molar-refractivity contribution in [2.45, 2.75) is 96.7 Å². The molecule has 296 valence electrons. The highest BCUT2D eigenvalue weighted by Gasteiger charge is 2.35. The fraction of sp³-hybridized carbons (Fsp3) is 0.462. The highest BCUT2D eigenvalue weighted by Crippen LogP contribution is 2.19. The van der Waals surface area contributed by atoms with Crippen LogP contribution in [-0.2, 0) is 46.4 Å². The van der Waals surface area contributed by atoms with E-state index in [1.165, 1.54) is 13.8 Å². The number of aromatic nitrogens is 1. The monoisotopic (exact) mass is 760 g/mol. The molecule has 1 aromatic heterocycles. The van der Waals surface area contributed by atoms with Crippen LogP contribution in [0.4, 0.5) is 0 Å². The van der Waals surface area contributed by atoms with Gasteiger partial charge in [-0.25, -0.2) is 0 Å². The summed E-state index contributed by atoms with van der Waals surface area (Å²) in [5.74, 6) is -6.19. The Labute approximate surface area is 319 Å². The highest BCUT2D eigenvalue weighted by atomic mass is 16.3. The molecule has 1 saturated heterocycles. The van der Waals surface area contributed by atoms with Crippen LogP contribution in [0, 0.1) is 11.8 Å². The van der Waals surface area contributed by atoms with Crippen LogP contribution in [0.5, 0.6) is 0 Å². The summed E-state index contributed by atoms with van der Waals surface area (Å²) in [7, 11) is 0. The Morgan fingerprint density at radius 2 is 0.982 bits per heavy atom. The van der Waals surface area contributed by atoms with Crippen molar-refractivity contribution < 1.29 is 38.7 Å². The molecule has 1 fully saturated rings. The van der Waals surface area contributed by atoms with Crippen LogP contribution in [-0.4, -0.2) is 100 Å². The molecule has 0 aliphatic carbocycles. The number of aliphatic hydroxyl groups excluding tert-OH is 1. The molecule has 7 amide bonds. The number of benzene rings is 2. The third-order valence-corrected chi connectivity index (χ3v) is 9.46. The van der Waals surface area contributed by atoms with E-state index in [0.29, 0.717) is 11.1 Å². The molecule has 0 radical (unpaired) electrons. The number of rotatable bonds is 7. The van der Waals surface area contributed by atoms with E-state index in [2.05, 4.69) is 42.2 Å². The van der Waals surface area contributed by atoms with Crippen molar-refractivity contribution in [1.29, 1.82) is 0 Å². The summed E-state index contributed by atoms with van der Waals surface area (Å²) in [5, 5.41) is 29.4. The maximum atomic E-state index is 13.9. The molecule has 1 aliphatic rings. The van der Waals surface area contributed by atoms with Gasteiger partial charge in [0.25, 0.3) is 0 Å². The molecule has 0 saturated carbocycles. The zero-order chi connectivity index (χ0) is 40.4. The van der Waals surface area contributed by atoms with Gasteiger partial charge in [-0.2, -0.15) is 0 Å². The van der Waals surface area contributed by atoms with Crippen molar-refractivity contribution in [3.05, 3.63) is 71.9 Å². The summed E-state index contributed by atoms with van der Waals surface area (Å²) in [6, 6.07) is 7.53. The number of hydrogen-bond acceptors (Lipinski definition) is 8. The van der Waals surface area contributed by atoms with Crippen LogP contribution in [0.2, 0.25) is 0 Å². The lowest BCUT2D eigenvalue weighted by Crippen LogP contribution is -2.61. The zero-order valence-corrected chi connectivity index (χ0v) is 31.9. The van der Waals surface area contributed by atoms with Crippen molar-refractivity contribution in [2.75, 3.05) is 6.61 Å². The van der Waals surface area contributed by atoms with E-state index in [0.717, 1.165) is 10.9 Å². The number of aromatic amines is 1. The van der Waals surface area contributed by atoms with Gasteiger partial charge >= 0.3 is 0 Å². The van der Waals surface area contributed by atoms with Crippen molar-refractivity contribution in [3.8, 4) is 0 Å². The molecule has 2 heterocycles. The molecule has 0 bridgehead atoms. The average Bonchev–Trinajstić information content (AvgIpc) is 3.56. The Morgan fingerprint density at radius 3 is 1.58 bits per heavy atom. The maximum absolute atomic E-state index is 13.9. The molecule has 55 heavy (non-hydrogen) atoms. The number of carbonyl (C=O) groups excluding carboxylic acids is 7. The van der Waals surface area contributed by atoms with Gasteiger partial charge in [-0.05, 0) is 42.9 Å². The first-order valence-corrected chi connectivity index (χ1v) is 18.4. The van der Waals surface area contributed by atoms with Gasteiger partial charge in [0, 0.05) is 29.9 Å². The first kappa shape index (κ1) is 42.0. The predicted molar refractivity (Wildman–Crippen MR) is 204 cm³/mol. The van der Waals surface area contributed by atoms with Crippen LogP contribution >= 0.6 is 0 Å². The summed E-state index contributed by atoms with van der Waals surface area (Å²) in [6.07, 6.45) is 1.69. The van der Waals surface area contributed by atoms with E-state index in [1.807, 2.05) is 24.3 Å². The molecule has 1 aliphatic heterocycles. The number of amides is 7. The van der Waals surface area contributed by atoms with Gasteiger partial charge in [-0.15, -0.1) is 0 Å². The topological polar surface area (TPSA) is 240 Å². The number of H-pyrrole nitrogens is 1. The fourth-order valence-electron chi connectivity index (χ4n) is 6.16. The third kappa shape index (κ3) is 11.1.